The molecule has 0 radical (unpaired) electrons. The number of ether oxygens (including phenoxy) is 1. The molecule has 2 heterocycles. The lowest BCUT2D eigenvalue weighted by Crippen LogP contribution is -1.97. The van der Waals surface area contributed by atoms with Crippen LogP contribution in [0.5, 0.6) is 5.75 Å². The van der Waals surface area contributed by atoms with E-state index in [1.807, 2.05) is 36.4 Å². The van der Waals surface area contributed by atoms with Gasteiger partial charge < -0.3 is 10.1 Å². The van der Waals surface area contributed by atoms with E-state index in [1.54, 1.807) is 25.4 Å². The van der Waals surface area contributed by atoms with Gasteiger partial charge in [0.25, 0.3) is 0 Å². The largest absolute Gasteiger partial charge is 0.494 e. The third-order valence-electron chi connectivity index (χ3n) is 3.56. The Kier molecular flexibility index (Phi) is 4.19. The molecule has 0 bridgehead atoms. The minimum atomic E-state index is -0.346. The van der Waals surface area contributed by atoms with Crippen molar-refractivity contribution in [1.29, 1.82) is 0 Å². The molecule has 4 nitrogen and oxygen atoms in total. The van der Waals surface area contributed by atoms with Crippen LogP contribution in [0.25, 0.3) is 11.1 Å². The summed E-state index contributed by atoms with van der Waals surface area (Å²) in [5.74, 6) is 1.25. The lowest BCUT2D eigenvalue weighted by atomic mass is 10.0. The standard InChI is InChI=1S/C18H16FN3O/c1-12-14(6-7-15(23-2)18(12)19)13-8-10-21-17(11-13)22-16-5-3-4-9-20-16/h3-11H,1-2H3,(H,20,21,22). The Morgan fingerprint density at radius 2 is 1.83 bits per heavy atom. The Balaban J connectivity index is 1.96. The number of nitrogens with one attached hydrogen (secondary N) is 1. The van der Waals surface area contributed by atoms with Gasteiger partial charge >= 0.3 is 0 Å². The molecular weight excluding hydrogens is 293 g/mol. The van der Waals surface area contributed by atoms with E-state index in [-0.39, 0.29) is 11.6 Å². The summed E-state index contributed by atoms with van der Waals surface area (Å²) in [6, 6.07) is 12.8. The second-order valence-corrected chi connectivity index (χ2v) is 5.02. The van der Waals surface area contributed by atoms with Gasteiger partial charge in [-0.15, -0.1) is 0 Å². The van der Waals surface area contributed by atoms with Gasteiger partial charge in [0, 0.05) is 12.4 Å². The van der Waals surface area contributed by atoms with Gasteiger partial charge in [-0.1, -0.05) is 12.1 Å². The predicted octanol–water partition coefficient (Wildman–Crippen LogP) is 4.34. The molecule has 5 heteroatoms. The van der Waals surface area contributed by atoms with Gasteiger partial charge in [0.1, 0.15) is 11.6 Å². The highest BCUT2D eigenvalue weighted by Crippen LogP contribution is 2.31. The van der Waals surface area contributed by atoms with Crippen molar-refractivity contribution in [3.05, 3.63) is 66.2 Å². The average Bonchev–Trinajstić information content (AvgIpc) is 2.58. The highest BCUT2D eigenvalue weighted by atomic mass is 19.1. The van der Waals surface area contributed by atoms with E-state index in [0.29, 0.717) is 17.2 Å². The third-order valence-corrected chi connectivity index (χ3v) is 3.56. The molecule has 0 saturated carbocycles. The fraction of sp³-hybridized carbons (Fsp3) is 0.111. The van der Waals surface area contributed by atoms with E-state index in [4.69, 9.17) is 4.74 Å². The number of nitrogens with zero attached hydrogens (tertiary/aromatic N) is 2. The fourth-order valence-electron chi connectivity index (χ4n) is 2.36. The predicted molar refractivity (Wildman–Crippen MR) is 88.4 cm³/mol. The topological polar surface area (TPSA) is 47.0 Å². The van der Waals surface area contributed by atoms with Crippen molar-refractivity contribution in [2.45, 2.75) is 6.92 Å². The van der Waals surface area contributed by atoms with E-state index >= 15 is 0 Å². The first-order valence-corrected chi connectivity index (χ1v) is 7.16. The van der Waals surface area contributed by atoms with Crippen LogP contribution in [0.4, 0.5) is 16.0 Å². The Bertz CT molecular complexity index is 822. The number of aromatic nitrogens is 2. The van der Waals surface area contributed by atoms with Crippen molar-refractivity contribution >= 4 is 11.6 Å². The van der Waals surface area contributed by atoms with Crippen LogP contribution < -0.4 is 10.1 Å². The number of hydrogen-bond donors (Lipinski definition) is 1. The maximum absolute atomic E-state index is 14.2. The fourth-order valence-corrected chi connectivity index (χ4v) is 2.36. The van der Waals surface area contributed by atoms with Gasteiger partial charge in [0.2, 0.25) is 0 Å². The second-order valence-electron chi connectivity index (χ2n) is 5.02. The van der Waals surface area contributed by atoms with Gasteiger partial charge in [-0.05, 0) is 53.9 Å². The summed E-state index contributed by atoms with van der Waals surface area (Å²) < 4.78 is 19.2. The summed E-state index contributed by atoms with van der Waals surface area (Å²) in [5.41, 5.74) is 2.21. The first-order chi connectivity index (χ1) is 11.2. The van der Waals surface area contributed by atoms with Crippen molar-refractivity contribution in [2.75, 3.05) is 12.4 Å². The molecule has 0 atom stereocenters. The second kappa shape index (κ2) is 6.44. The van der Waals surface area contributed by atoms with Crippen molar-refractivity contribution in [3.8, 4) is 16.9 Å². The number of hydrogen-bond acceptors (Lipinski definition) is 4. The Labute approximate surface area is 134 Å². The van der Waals surface area contributed by atoms with Gasteiger partial charge in [0.05, 0.1) is 7.11 Å². The SMILES string of the molecule is COc1ccc(-c2ccnc(Nc3ccccn3)c2)c(C)c1F. The zero-order valence-electron chi connectivity index (χ0n) is 12.9. The zero-order chi connectivity index (χ0) is 16.2. The Morgan fingerprint density at radius 3 is 2.57 bits per heavy atom. The zero-order valence-corrected chi connectivity index (χ0v) is 12.9. The highest BCUT2D eigenvalue weighted by Gasteiger charge is 2.12. The summed E-state index contributed by atoms with van der Waals surface area (Å²) in [4.78, 5) is 8.48. The van der Waals surface area contributed by atoms with Gasteiger partial charge in [-0.3, -0.25) is 0 Å². The number of benzene rings is 1. The monoisotopic (exact) mass is 309 g/mol. The molecule has 0 spiro atoms. The number of rotatable bonds is 4. The number of pyridine rings is 2. The molecule has 0 aliphatic heterocycles. The average molecular weight is 309 g/mol. The lowest BCUT2D eigenvalue weighted by molar-refractivity contribution is 0.385. The first-order valence-electron chi connectivity index (χ1n) is 7.16. The van der Waals surface area contributed by atoms with Gasteiger partial charge in [-0.2, -0.15) is 0 Å². The summed E-state index contributed by atoms with van der Waals surface area (Å²) in [5, 5.41) is 3.13. The molecule has 23 heavy (non-hydrogen) atoms. The maximum Gasteiger partial charge on any atom is 0.168 e. The molecule has 3 rings (SSSR count). The molecule has 1 aromatic carbocycles. The van der Waals surface area contributed by atoms with E-state index < -0.39 is 0 Å². The number of anilines is 2. The van der Waals surface area contributed by atoms with Gasteiger partial charge in [-0.25, -0.2) is 14.4 Å². The van der Waals surface area contributed by atoms with E-state index in [1.165, 1.54) is 7.11 Å². The van der Waals surface area contributed by atoms with Crippen LogP contribution in [0, 0.1) is 12.7 Å². The Morgan fingerprint density at radius 1 is 1.00 bits per heavy atom. The number of halogens is 1. The minimum Gasteiger partial charge on any atom is -0.494 e. The van der Waals surface area contributed by atoms with Crippen LogP contribution in [0.2, 0.25) is 0 Å². The van der Waals surface area contributed by atoms with Crippen LogP contribution in [0.3, 0.4) is 0 Å². The molecule has 0 unspecified atom stereocenters. The van der Waals surface area contributed by atoms with Crippen LogP contribution in [0.15, 0.2) is 54.9 Å². The molecule has 0 fully saturated rings. The molecule has 0 saturated heterocycles. The Hall–Kier alpha value is -2.95. The minimum absolute atomic E-state index is 0.243. The van der Waals surface area contributed by atoms with Crippen molar-refractivity contribution in [1.82, 2.24) is 9.97 Å². The highest BCUT2D eigenvalue weighted by molar-refractivity contribution is 5.71. The molecule has 0 amide bonds. The van der Waals surface area contributed by atoms with Crippen molar-refractivity contribution < 1.29 is 9.13 Å². The van der Waals surface area contributed by atoms with E-state index in [2.05, 4.69) is 15.3 Å². The maximum atomic E-state index is 14.2. The van der Waals surface area contributed by atoms with Crippen molar-refractivity contribution in [2.24, 2.45) is 0 Å². The van der Waals surface area contributed by atoms with E-state index in [9.17, 15) is 4.39 Å². The van der Waals surface area contributed by atoms with Crippen LogP contribution in [-0.2, 0) is 0 Å². The molecule has 1 N–H and O–H groups in total. The van der Waals surface area contributed by atoms with E-state index in [0.717, 1.165) is 11.1 Å². The molecule has 3 aromatic rings. The third kappa shape index (κ3) is 3.13. The first kappa shape index (κ1) is 15.0. The summed E-state index contributed by atoms with van der Waals surface area (Å²) in [6.45, 7) is 1.74. The molecule has 0 aliphatic carbocycles. The molecule has 0 aliphatic rings. The van der Waals surface area contributed by atoms with Crippen LogP contribution in [0.1, 0.15) is 5.56 Å². The molecule has 116 valence electrons. The smallest absolute Gasteiger partial charge is 0.168 e. The number of methoxy groups -OCH3 is 1. The normalized spacial score (nSPS) is 10.4. The quantitative estimate of drug-likeness (QED) is 0.778. The van der Waals surface area contributed by atoms with Crippen molar-refractivity contribution in [3.63, 3.8) is 0 Å². The lowest BCUT2D eigenvalue weighted by Gasteiger charge is -2.11. The van der Waals surface area contributed by atoms with Crippen LogP contribution in [-0.4, -0.2) is 17.1 Å². The molecule has 2 aromatic heterocycles. The summed E-state index contributed by atoms with van der Waals surface area (Å²) in [7, 11) is 1.46. The summed E-state index contributed by atoms with van der Waals surface area (Å²) in [6.07, 6.45) is 3.39. The van der Waals surface area contributed by atoms with Crippen LogP contribution >= 0.6 is 0 Å². The molecular formula is C18H16FN3O. The van der Waals surface area contributed by atoms with Gasteiger partial charge in [0.15, 0.2) is 11.6 Å². The summed E-state index contributed by atoms with van der Waals surface area (Å²) >= 11 is 0.